The Bertz CT molecular complexity index is 467. The van der Waals surface area contributed by atoms with Crippen LogP contribution in [0.2, 0.25) is 0 Å². The van der Waals surface area contributed by atoms with Gasteiger partial charge in [-0.2, -0.15) is 0 Å². The summed E-state index contributed by atoms with van der Waals surface area (Å²) in [7, 11) is 0. The van der Waals surface area contributed by atoms with Crippen LogP contribution >= 0.6 is 0 Å². The molecule has 122 valence electrons. The molecule has 5 nitrogen and oxygen atoms in total. The summed E-state index contributed by atoms with van der Waals surface area (Å²) in [5.41, 5.74) is 0.440. The molecule has 1 aromatic heterocycles. The average Bonchev–Trinajstić information content (AvgIpc) is 2.76. The maximum Gasteiger partial charge on any atom is 0.270 e. The zero-order valence-corrected chi connectivity index (χ0v) is 13.8. The molecule has 1 aromatic rings. The monoisotopic (exact) mass is 304 g/mol. The molecular weight excluding hydrogens is 276 g/mol. The first-order chi connectivity index (χ1) is 10.6. The van der Waals surface area contributed by atoms with Gasteiger partial charge in [0.25, 0.3) is 5.91 Å². The lowest BCUT2D eigenvalue weighted by Crippen LogP contribution is -2.27. The van der Waals surface area contributed by atoms with Crippen molar-refractivity contribution in [1.29, 1.82) is 0 Å². The predicted molar refractivity (Wildman–Crippen MR) is 88.9 cm³/mol. The van der Waals surface area contributed by atoms with Gasteiger partial charge in [-0.3, -0.25) is 4.79 Å². The molecule has 0 bridgehead atoms. The lowest BCUT2D eigenvalue weighted by molar-refractivity contribution is 0.0947. The van der Waals surface area contributed by atoms with Crippen molar-refractivity contribution in [3.63, 3.8) is 0 Å². The van der Waals surface area contributed by atoms with Gasteiger partial charge in [0.1, 0.15) is 5.69 Å². The second-order valence-corrected chi connectivity index (χ2v) is 6.54. The molecule has 1 heterocycles. The van der Waals surface area contributed by atoms with E-state index in [0.29, 0.717) is 30.1 Å². The third-order valence-corrected chi connectivity index (χ3v) is 4.08. The Morgan fingerprint density at radius 2 is 2.00 bits per heavy atom. The molecule has 0 aromatic carbocycles. The first kappa shape index (κ1) is 16.7. The predicted octanol–water partition coefficient (Wildman–Crippen LogP) is 3.39. The minimum absolute atomic E-state index is 0.119. The molecular formula is C17H28N4O. The highest BCUT2D eigenvalue weighted by molar-refractivity contribution is 5.92. The molecule has 1 aliphatic rings. The Kier molecular flexibility index (Phi) is 6.62. The Balaban J connectivity index is 1.89. The van der Waals surface area contributed by atoms with Crippen molar-refractivity contribution in [2.24, 2.45) is 5.92 Å². The number of hydrogen-bond acceptors (Lipinski definition) is 4. The van der Waals surface area contributed by atoms with Gasteiger partial charge in [-0.05, 0) is 31.2 Å². The van der Waals surface area contributed by atoms with Crippen LogP contribution in [0.4, 0.5) is 5.95 Å². The highest BCUT2D eigenvalue weighted by Gasteiger charge is 2.14. The second kappa shape index (κ2) is 8.71. The summed E-state index contributed by atoms with van der Waals surface area (Å²) < 4.78 is 0. The largest absolute Gasteiger partial charge is 0.351 e. The van der Waals surface area contributed by atoms with E-state index in [9.17, 15) is 4.79 Å². The van der Waals surface area contributed by atoms with Gasteiger partial charge in [0, 0.05) is 18.8 Å². The van der Waals surface area contributed by atoms with E-state index >= 15 is 0 Å². The van der Waals surface area contributed by atoms with Gasteiger partial charge in [-0.25, -0.2) is 9.97 Å². The lowest BCUT2D eigenvalue weighted by atomic mass is 10.1. The third kappa shape index (κ3) is 5.62. The van der Waals surface area contributed by atoms with E-state index in [2.05, 4.69) is 34.4 Å². The highest BCUT2D eigenvalue weighted by Crippen LogP contribution is 2.19. The molecule has 0 radical (unpaired) electrons. The summed E-state index contributed by atoms with van der Waals surface area (Å²) in [4.78, 5) is 20.7. The maximum atomic E-state index is 12.1. The van der Waals surface area contributed by atoms with Crippen LogP contribution in [0.25, 0.3) is 0 Å². The molecule has 1 aliphatic carbocycles. The molecule has 1 amide bonds. The van der Waals surface area contributed by atoms with Crippen molar-refractivity contribution < 1.29 is 4.79 Å². The minimum Gasteiger partial charge on any atom is -0.351 e. The van der Waals surface area contributed by atoms with Gasteiger partial charge in [-0.1, -0.05) is 39.5 Å². The van der Waals surface area contributed by atoms with E-state index in [0.717, 1.165) is 19.3 Å². The van der Waals surface area contributed by atoms with Crippen molar-refractivity contribution in [1.82, 2.24) is 15.3 Å². The molecule has 5 heteroatoms. The number of hydrogen-bond donors (Lipinski definition) is 2. The fourth-order valence-electron chi connectivity index (χ4n) is 2.73. The van der Waals surface area contributed by atoms with Crippen LogP contribution < -0.4 is 10.6 Å². The van der Waals surface area contributed by atoms with Gasteiger partial charge in [0.05, 0.1) is 0 Å². The number of nitrogens with zero attached hydrogens (tertiary/aromatic N) is 2. The maximum absolute atomic E-state index is 12.1. The first-order valence-corrected chi connectivity index (χ1v) is 8.53. The van der Waals surface area contributed by atoms with Crippen molar-refractivity contribution >= 4 is 11.9 Å². The van der Waals surface area contributed by atoms with E-state index in [-0.39, 0.29) is 5.91 Å². The second-order valence-electron chi connectivity index (χ2n) is 6.54. The van der Waals surface area contributed by atoms with Gasteiger partial charge < -0.3 is 10.6 Å². The Labute approximate surface area is 133 Å². The van der Waals surface area contributed by atoms with Crippen LogP contribution in [0.15, 0.2) is 12.3 Å². The molecule has 2 N–H and O–H groups in total. The van der Waals surface area contributed by atoms with Crippen LogP contribution in [0.5, 0.6) is 0 Å². The van der Waals surface area contributed by atoms with Gasteiger partial charge in [-0.15, -0.1) is 0 Å². The van der Waals surface area contributed by atoms with E-state index in [1.807, 2.05) is 0 Å². The van der Waals surface area contributed by atoms with Crippen LogP contribution in [0.1, 0.15) is 69.3 Å². The topological polar surface area (TPSA) is 66.9 Å². The lowest BCUT2D eigenvalue weighted by Gasteiger charge is -2.16. The summed E-state index contributed by atoms with van der Waals surface area (Å²) in [6, 6.07) is 2.10. The summed E-state index contributed by atoms with van der Waals surface area (Å²) in [5, 5.41) is 6.30. The zero-order valence-electron chi connectivity index (χ0n) is 13.8. The number of anilines is 1. The molecule has 0 saturated heterocycles. The molecule has 1 saturated carbocycles. The first-order valence-electron chi connectivity index (χ1n) is 8.53. The van der Waals surface area contributed by atoms with E-state index in [4.69, 9.17) is 0 Å². The smallest absolute Gasteiger partial charge is 0.270 e. The molecule has 0 unspecified atom stereocenters. The molecule has 22 heavy (non-hydrogen) atoms. The van der Waals surface area contributed by atoms with Crippen molar-refractivity contribution in [2.45, 2.75) is 64.8 Å². The molecule has 0 spiro atoms. The van der Waals surface area contributed by atoms with Crippen molar-refractivity contribution in [2.75, 3.05) is 11.9 Å². The Morgan fingerprint density at radius 3 is 2.68 bits per heavy atom. The summed E-state index contributed by atoms with van der Waals surface area (Å²) >= 11 is 0. The highest BCUT2D eigenvalue weighted by atomic mass is 16.1. The third-order valence-electron chi connectivity index (χ3n) is 4.08. The number of rotatable bonds is 6. The average molecular weight is 304 g/mol. The van der Waals surface area contributed by atoms with Crippen LogP contribution in [0, 0.1) is 5.92 Å². The van der Waals surface area contributed by atoms with Crippen LogP contribution in [0.3, 0.4) is 0 Å². The van der Waals surface area contributed by atoms with Crippen LogP contribution in [-0.4, -0.2) is 28.5 Å². The summed E-state index contributed by atoms with van der Waals surface area (Å²) in [6.45, 7) is 4.98. The van der Waals surface area contributed by atoms with Gasteiger partial charge >= 0.3 is 0 Å². The molecule has 0 aliphatic heterocycles. The normalized spacial score (nSPS) is 16.3. The number of carbonyl (C=O) groups is 1. The van der Waals surface area contributed by atoms with E-state index in [1.165, 1.54) is 25.7 Å². The summed E-state index contributed by atoms with van der Waals surface area (Å²) in [6.07, 6.45) is 10.1. The number of nitrogens with one attached hydrogen (secondary N) is 2. The molecule has 2 rings (SSSR count). The standard InChI is InChI=1S/C17H28N4O/c1-13(2)9-11-18-16(22)15-10-12-19-17(21-15)20-14-7-5-3-4-6-8-14/h10,12-14H,3-9,11H2,1-2H3,(H,18,22)(H,19,20,21). The quantitative estimate of drug-likeness (QED) is 0.791. The van der Waals surface area contributed by atoms with Crippen LogP contribution in [-0.2, 0) is 0 Å². The minimum atomic E-state index is -0.119. The number of amides is 1. The Hall–Kier alpha value is -1.65. The van der Waals surface area contributed by atoms with Crippen molar-refractivity contribution in [3.05, 3.63) is 18.0 Å². The number of carbonyl (C=O) groups excluding carboxylic acids is 1. The summed E-state index contributed by atoms with van der Waals surface area (Å²) in [5.74, 6) is 1.04. The molecule has 1 fully saturated rings. The fourth-order valence-corrected chi connectivity index (χ4v) is 2.73. The van der Waals surface area contributed by atoms with E-state index < -0.39 is 0 Å². The van der Waals surface area contributed by atoms with Gasteiger partial charge in [0.2, 0.25) is 5.95 Å². The SMILES string of the molecule is CC(C)CCNC(=O)c1ccnc(NC2CCCCCC2)n1. The fraction of sp³-hybridized carbons (Fsp3) is 0.706. The van der Waals surface area contributed by atoms with E-state index in [1.54, 1.807) is 12.3 Å². The Morgan fingerprint density at radius 1 is 1.27 bits per heavy atom. The number of aromatic nitrogens is 2. The molecule has 0 atom stereocenters. The zero-order chi connectivity index (χ0) is 15.8. The van der Waals surface area contributed by atoms with Crippen molar-refractivity contribution in [3.8, 4) is 0 Å². The van der Waals surface area contributed by atoms with Gasteiger partial charge in [0.15, 0.2) is 0 Å².